The quantitative estimate of drug-likeness (QED) is 0.796. The van der Waals surface area contributed by atoms with Crippen LogP contribution in [0.15, 0.2) is 12.3 Å². The van der Waals surface area contributed by atoms with Crippen LogP contribution in [0.2, 0.25) is 0 Å². The van der Waals surface area contributed by atoms with Crippen molar-refractivity contribution in [2.75, 3.05) is 30.0 Å². The molecule has 0 saturated heterocycles. The lowest BCUT2D eigenvalue weighted by atomic mass is 10.4. The monoisotopic (exact) mass is 238 g/mol. The van der Waals surface area contributed by atoms with Gasteiger partial charge in [-0.05, 0) is 32.1 Å². The molecule has 1 fully saturated rings. The van der Waals surface area contributed by atoms with Crippen molar-refractivity contribution in [1.29, 1.82) is 0 Å². The van der Waals surface area contributed by atoms with E-state index >= 15 is 0 Å². The highest BCUT2D eigenvalue weighted by atomic mass is 32.2. The van der Waals surface area contributed by atoms with Crippen molar-refractivity contribution in [3.8, 4) is 0 Å². The van der Waals surface area contributed by atoms with Crippen LogP contribution < -0.4 is 10.6 Å². The van der Waals surface area contributed by atoms with Gasteiger partial charge >= 0.3 is 0 Å². The first-order valence-corrected chi connectivity index (χ1v) is 6.86. The maximum atomic E-state index is 4.39. The Kier molecular flexibility index (Phi) is 3.53. The molecule has 0 bridgehead atoms. The zero-order chi connectivity index (χ0) is 11.4. The molecule has 16 heavy (non-hydrogen) atoms. The van der Waals surface area contributed by atoms with E-state index in [9.17, 15) is 0 Å². The van der Waals surface area contributed by atoms with Gasteiger partial charge in [0, 0.05) is 24.0 Å². The Balaban J connectivity index is 1.91. The van der Waals surface area contributed by atoms with Gasteiger partial charge in [-0.2, -0.15) is 16.7 Å². The molecule has 88 valence electrons. The molecule has 4 nitrogen and oxygen atoms in total. The Morgan fingerprint density at radius 2 is 2.25 bits per heavy atom. The molecule has 0 amide bonds. The summed E-state index contributed by atoms with van der Waals surface area (Å²) in [5, 5.41) is 6.49. The second-order valence-corrected chi connectivity index (χ2v) is 5.31. The molecule has 5 heteroatoms. The van der Waals surface area contributed by atoms with Gasteiger partial charge in [0.25, 0.3) is 0 Å². The number of nitrogens with zero attached hydrogens (tertiary/aromatic N) is 2. The fourth-order valence-electron chi connectivity index (χ4n) is 1.54. The van der Waals surface area contributed by atoms with Gasteiger partial charge in [-0.15, -0.1) is 0 Å². The first-order chi connectivity index (χ1) is 7.78. The number of thioether (sulfide) groups is 1. The second-order valence-electron chi connectivity index (χ2n) is 4.04. The van der Waals surface area contributed by atoms with Gasteiger partial charge in [0.2, 0.25) is 5.95 Å². The van der Waals surface area contributed by atoms with Crippen LogP contribution in [0.1, 0.15) is 19.8 Å². The summed E-state index contributed by atoms with van der Waals surface area (Å²) in [6.07, 6.45) is 6.59. The highest BCUT2D eigenvalue weighted by Crippen LogP contribution is 2.46. The van der Waals surface area contributed by atoms with E-state index in [1.165, 1.54) is 12.8 Å². The summed E-state index contributed by atoms with van der Waals surface area (Å²) in [7, 11) is 0. The first-order valence-electron chi connectivity index (χ1n) is 5.64. The van der Waals surface area contributed by atoms with Gasteiger partial charge < -0.3 is 10.6 Å². The van der Waals surface area contributed by atoms with E-state index in [2.05, 4.69) is 26.9 Å². The van der Waals surface area contributed by atoms with E-state index in [-0.39, 0.29) is 0 Å². The van der Waals surface area contributed by atoms with Crippen molar-refractivity contribution < 1.29 is 0 Å². The molecule has 1 aromatic heterocycles. The number of hydrogen-bond donors (Lipinski definition) is 2. The Morgan fingerprint density at radius 3 is 2.88 bits per heavy atom. The standard InChI is InChI=1S/C11H18N4S/c1-3-12-10-13-7-4-9(15-10)14-8-11(16-2)5-6-11/h4,7H,3,5-6,8H2,1-2H3,(H2,12,13,14,15). The van der Waals surface area contributed by atoms with E-state index in [0.29, 0.717) is 10.7 Å². The van der Waals surface area contributed by atoms with Crippen molar-refractivity contribution >= 4 is 23.5 Å². The highest BCUT2D eigenvalue weighted by Gasteiger charge is 2.41. The zero-order valence-corrected chi connectivity index (χ0v) is 10.6. The van der Waals surface area contributed by atoms with E-state index in [1.54, 1.807) is 6.20 Å². The lowest BCUT2D eigenvalue weighted by Crippen LogP contribution is -2.18. The van der Waals surface area contributed by atoms with E-state index in [4.69, 9.17) is 0 Å². The van der Waals surface area contributed by atoms with Crippen LogP contribution in [0.5, 0.6) is 0 Å². The molecule has 1 aromatic rings. The number of aromatic nitrogens is 2. The molecule has 0 unspecified atom stereocenters. The van der Waals surface area contributed by atoms with Crippen molar-refractivity contribution in [1.82, 2.24) is 9.97 Å². The van der Waals surface area contributed by atoms with E-state index in [0.717, 1.165) is 18.9 Å². The SMILES string of the molecule is CCNc1nccc(NCC2(SC)CC2)n1. The van der Waals surface area contributed by atoms with Crippen molar-refractivity contribution in [2.45, 2.75) is 24.5 Å². The predicted molar refractivity (Wildman–Crippen MR) is 70.2 cm³/mol. The van der Waals surface area contributed by atoms with Gasteiger partial charge in [-0.25, -0.2) is 4.98 Å². The Bertz CT molecular complexity index is 352. The first kappa shape index (κ1) is 11.5. The molecule has 1 aliphatic carbocycles. The van der Waals surface area contributed by atoms with Crippen LogP contribution in [0.4, 0.5) is 11.8 Å². The Labute approximate surface area is 101 Å². The van der Waals surface area contributed by atoms with Gasteiger partial charge in [0.05, 0.1) is 0 Å². The van der Waals surface area contributed by atoms with Crippen LogP contribution in [0, 0.1) is 0 Å². The lowest BCUT2D eigenvalue weighted by Gasteiger charge is -2.13. The lowest BCUT2D eigenvalue weighted by molar-refractivity contribution is 0.936. The van der Waals surface area contributed by atoms with Crippen molar-refractivity contribution in [2.24, 2.45) is 0 Å². The second kappa shape index (κ2) is 4.91. The predicted octanol–water partition coefficient (Wildman–Crippen LogP) is 2.22. The maximum absolute atomic E-state index is 4.39. The van der Waals surface area contributed by atoms with Crippen LogP contribution in [0.3, 0.4) is 0 Å². The number of hydrogen-bond acceptors (Lipinski definition) is 5. The fourth-order valence-corrected chi connectivity index (χ4v) is 2.27. The zero-order valence-electron chi connectivity index (χ0n) is 9.79. The topological polar surface area (TPSA) is 49.8 Å². The molecule has 1 aliphatic rings. The average molecular weight is 238 g/mol. The number of rotatable bonds is 6. The summed E-state index contributed by atoms with van der Waals surface area (Å²) in [6, 6.07) is 1.91. The summed E-state index contributed by atoms with van der Waals surface area (Å²) in [6.45, 7) is 3.88. The molecule has 1 saturated carbocycles. The van der Waals surface area contributed by atoms with Gasteiger partial charge in [-0.3, -0.25) is 0 Å². The number of nitrogens with one attached hydrogen (secondary N) is 2. The average Bonchev–Trinajstić information content (AvgIpc) is 3.08. The third kappa shape index (κ3) is 2.78. The molecule has 0 atom stereocenters. The summed E-state index contributed by atoms with van der Waals surface area (Å²) < 4.78 is 0.462. The smallest absolute Gasteiger partial charge is 0.224 e. The molecule has 1 heterocycles. The van der Waals surface area contributed by atoms with Crippen molar-refractivity contribution in [3.63, 3.8) is 0 Å². The Hall–Kier alpha value is -0.970. The minimum absolute atomic E-state index is 0.462. The van der Waals surface area contributed by atoms with E-state index < -0.39 is 0 Å². The largest absolute Gasteiger partial charge is 0.369 e. The van der Waals surface area contributed by atoms with Crippen LogP contribution in [0.25, 0.3) is 0 Å². The molecular weight excluding hydrogens is 220 g/mol. The van der Waals surface area contributed by atoms with Crippen LogP contribution in [-0.2, 0) is 0 Å². The minimum atomic E-state index is 0.462. The van der Waals surface area contributed by atoms with Gasteiger partial charge in [0.15, 0.2) is 0 Å². The molecule has 0 aliphatic heterocycles. The molecule has 2 rings (SSSR count). The normalized spacial score (nSPS) is 16.9. The van der Waals surface area contributed by atoms with Crippen molar-refractivity contribution in [3.05, 3.63) is 12.3 Å². The minimum Gasteiger partial charge on any atom is -0.369 e. The summed E-state index contributed by atoms with van der Waals surface area (Å²) >= 11 is 1.95. The Morgan fingerprint density at radius 1 is 1.44 bits per heavy atom. The maximum Gasteiger partial charge on any atom is 0.224 e. The molecular formula is C11H18N4S. The highest BCUT2D eigenvalue weighted by molar-refractivity contribution is 8.00. The molecule has 0 spiro atoms. The summed E-state index contributed by atoms with van der Waals surface area (Å²) in [5.41, 5.74) is 0. The fraction of sp³-hybridized carbons (Fsp3) is 0.636. The van der Waals surface area contributed by atoms with Gasteiger partial charge in [0.1, 0.15) is 5.82 Å². The molecule has 0 radical (unpaired) electrons. The van der Waals surface area contributed by atoms with Crippen LogP contribution in [-0.4, -0.2) is 34.1 Å². The third-order valence-electron chi connectivity index (χ3n) is 2.82. The summed E-state index contributed by atoms with van der Waals surface area (Å²) in [5.74, 6) is 1.60. The van der Waals surface area contributed by atoms with Crippen LogP contribution >= 0.6 is 11.8 Å². The molecule has 0 aromatic carbocycles. The van der Waals surface area contributed by atoms with E-state index in [1.807, 2.05) is 24.8 Å². The third-order valence-corrected chi connectivity index (χ3v) is 4.24. The number of anilines is 2. The molecule has 2 N–H and O–H groups in total. The van der Waals surface area contributed by atoms with Gasteiger partial charge in [-0.1, -0.05) is 0 Å². The summed E-state index contributed by atoms with van der Waals surface area (Å²) in [4.78, 5) is 8.53.